The highest BCUT2D eigenvalue weighted by molar-refractivity contribution is 5.83. The van der Waals surface area contributed by atoms with E-state index >= 15 is 0 Å². The van der Waals surface area contributed by atoms with Crippen LogP contribution in [-0.4, -0.2) is 27.2 Å². The number of hydrogen-bond donors (Lipinski definition) is 1. The number of aromatic nitrogens is 2. The maximum Gasteiger partial charge on any atom is 0.303 e. The molecule has 0 aliphatic heterocycles. The van der Waals surface area contributed by atoms with Crippen LogP contribution in [0.25, 0.3) is 28.3 Å². The van der Waals surface area contributed by atoms with Crippen molar-refractivity contribution in [1.82, 2.24) is 9.55 Å². The minimum absolute atomic E-state index is 0.206. The van der Waals surface area contributed by atoms with E-state index in [9.17, 15) is 4.79 Å². The van der Waals surface area contributed by atoms with Gasteiger partial charge >= 0.3 is 5.97 Å². The Labute approximate surface area is 174 Å². The minimum atomic E-state index is -0.752. The van der Waals surface area contributed by atoms with Crippen molar-refractivity contribution in [3.05, 3.63) is 66.4 Å². The number of nitrogens with zero attached hydrogens (tertiary/aromatic N) is 2. The zero-order chi connectivity index (χ0) is 20.9. The zero-order valence-corrected chi connectivity index (χ0v) is 16.9. The lowest BCUT2D eigenvalue weighted by Gasteiger charge is -2.10. The molecule has 0 fully saturated rings. The van der Waals surface area contributed by atoms with Crippen molar-refractivity contribution in [3.8, 4) is 23.0 Å². The topological polar surface area (TPSA) is 77.5 Å². The molecule has 0 aliphatic rings. The second kappa shape index (κ2) is 8.86. The predicted molar refractivity (Wildman–Crippen MR) is 115 cm³/mol. The summed E-state index contributed by atoms with van der Waals surface area (Å²) in [5, 5.41) is 8.71. The van der Waals surface area contributed by atoms with Crippen LogP contribution in [0.4, 0.5) is 0 Å². The molecule has 4 rings (SSSR count). The summed E-state index contributed by atoms with van der Waals surface area (Å²) in [4.78, 5) is 15.4. The number of carbonyl (C=O) groups is 1. The van der Waals surface area contributed by atoms with Crippen LogP contribution >= 0.6 is 0 Å². The molecular weight excluding hydrogens is 380 g/mol. The van der Waals surface area contributed by atoms with Crippen LogP contribution in [0, 0.1) is 6.92 Å². The summed E-state index contributed by atoms with van der Waals surface area (Å²) in [5.41, 5.74) is 3.99. The molecule has 0 saturated carbocycles. The molecule has 0 amide bonds. The molecule has 0 unspecified atom stereocenters. The van der Waals surface area contributed by atoms with Gasteiger partial charge in [-0.3, -0.25) is 9.36 Å². The molecule has 0 aliphatic carbocycles. The van der Waals surface area contributed by atoms with Crippen LogP contribution in [0.3, 0.4) is 0 Å². The molecule has 0 spiro atoms. The van der Waals surface area contributed by atoms with Gasteiger partial charge in [-0.05, 0) is 62.6 Å². The maximum atomic E-state index is 10.6. The minimum Gasteiger partial charge on any atom is -0.494 e. The summed E-state index contributed by atoms with van der Waals surface area (Å²) in [5.74, 6) is 1.45. The van der Waals surface area contributed by atoms with Gasteiger partial charge in [-0.25, -0.2) is 4.98 Å². The average molecular weight is 404 g/mol. The molecule has 2 aromatic heterocycles. The monoisotopic (exact) mass is 404 g/mol. The highest BCUT2D eigenvalue weighted by Crippen LogP contribution is 2.31. The van der Waals surface area contributed by atoms with E-state index in [0.29, 0.717) is 18.8 Å². The van der Waals surface area contributed by atoms with E-state index < -0.39 is 5.97 Å². The Balaban J connectivity index is 1.61. The Hall–Kier alpha value is -3.54. The number of hydrogen-bond acceptors (Lipinski definition) is 4. The van der Waals surface area contributed by atoms with Gasteiger partial charge in [0.25, 0.3) is 0 Å². The van der Waals surface area contributed by atoms with Gasteiger partial charge in [0.1, 0.15) is 5.75 Å². The van der Waals surface area contributed by atoms with Crippen molar-refractivity contribution in [2.45, 2.75) is 32.6 Å². The molecule has 0 bridgehead atoms. The van der Waals surface area contributed by atoms with Gasteiger partial charge in [0, 0.05) is 18.2 Å². The number of aliphatic carboxylic acids is 1. The van der Waals surface area contributed by atoms with Crippen molar-refractivity contribution in [2.75, 3.05) is 6.61 Å². The lowest BCUT2D eigenvalue weighted by molar-refractivity contribution is -0.137. The van der Waals surface area contributed by atoms with Gasteiger partial charge in [-0.15, -0.1) is 0 Å². The van der Waals surface area contributed by atoms with E-state index in [1.165, 1.54) is 5.56 Å². The molecule has 6 nitrogen and oxygen atoms in total. The fourth-order valence-electron chi connectivity index (χ4n) is 3.42. The summed E-state index contributed by atoms with van der Waals surface area (Å²) in [6.45, 7) is 2.61. The molecular formula is C24H24N2O4. The predicted octanol–water partition coefficient (Wildman–Crippen LogP) is 5.62. The fourth-order valence-corrected chi connectivity index (χ4v) is 3.42. The van der Waals surface area contributed by atoms with Crippen LogP contribution in [-0.2, 0) is 4.79 Å². The Morgan fingerprint density at radius 2 is 1.93 bits per heavy atom. The van der Waals surface area contributed by atoms with Crippen molar-refractivity contribution < 1.29 is 19.1 Å². The molecule has 0 radical (unpaired) electrons. The van der Waals surface area contributed by atoms with Crippen molar-refractivity contribution >= 4 is 17.0 Å². The fraction of sp³-hybridized carbons (Fsp3) is 0.250. The van der Waals surface area contributed by atoms with E-state index in [1.54, 1.807) is 6.26 Å². The Morgan fingerprint density at radius 3 is 2.67 bits per heavy atom. The molecule has 1 N–H and O–H groups in total. The van der Waals surface area contributed by atoms with E-state index in [-0.39, 0.29) is 6.42 Å². The van der Waals surface area contributed by atoms with Crippen LogP contribution in [0.1, 0.15) is 31.2 Å². The summed E-state index contributed by atoms with van der Waals surface area (Å²) >= 11 is 0. The summed E-state index contributed by atoms with van der Waals surface area (Å²) in [7, 11) is 0. The Morgan fingerprint density at radius 1 is 1.10 bits per heavy atom. The highest BCUT2D eigenvalue weighted by Gasteiger charge is 2.17. The Bertz CT molecular complexity index is 1130. The number of benzene rings is 2. The zero-order valence-electron chi connectivity index (χ0n) is 16.9. The van der Waals surface area contributed by atoms with E-state index in [0.717, 1.165) is 41.1 Å². The second-order valence-electron chi connectivity index (χ2n) is 7.29. The van der Waals surface area contributed by atoms with Gasteiger partial charge in [0.2, 0.25) is 0 Å². The van der Waals surface area contributed by atoms with Crippen molar-refractivity contribution in [1.29, 1.82) is 0 Å². The van der Waals surface area contributed by atoms with Gasteiger partial charge in [-0.1, -0.05) is 17.7 Å². The number of carboxylic acids is 1. The van der Waals surface area contributed by atoms with Crippen LogP contribution < -0.4 is 4.74 Å². The smallest absolute Gasteiger partial charge is 0.303 e. The van der Waals surface area contributed by atoms with Crippen molar-refractivity contribution in [3.63, 3.8) is 0 Å². The third kappa shape index (κ3) is 4.38. The van der Waals surface area contributed by atoms with E-state index in [2.05, 4.69) is 35.8 Å². The van der Waals surface area contributed by atoms with Crippen molar-refractivity contribution in [2.24, 2.45) is 0 Å². The SMILES string of the molecule is Cc1ccc(-n2c(-c3ccco3)nc3ccc(OCCCCCC(=O)O)cc32)cc1. The first-order chi connectivity index (χ1) is 14.6. The average Bonchev–Trinajstić information content (AvgIpc) is 3.38. The van der Waals surface area contributed by atoms with E-state index in [1.807, 2.05) is 30.3 Å². The van der Waals surface area contributed by atoms with E-state index in [4.69, 9.17) is 19.2 Å². The van der Waals surface area contributed by atoms with Gasteiger partial charge < -0.3 is 14.3 Å². The third-order valence-electron chi connectivity index (χ3n) is 4.96. The number of furan rings is 1. The van der Waals surface area contributed by atoms with Gasteiger partial charge in [0.15, 0.2) is 11.6 Å². The van der Waals surface area contributed by atoms with Crippen LogP contribution in [0.2, 0.25) is 0 Å². The third-order valence-corrected chi connectivity index (χ3v) is 4.96. The highest BCUT2D eigenvalue weighted by atomic mass is 16.5. The molecule has 0 saturated heterocycles. The number of unbranched alkanes of at least 4 members (excludes halogenated alkanes) is 2. The van der Waals surface area contributed by atoms with Crippen LogP contribution in [0.15, 0.2) is 65.3 Å². The first-order valence-electron chi connectivity index (χ1n) is 10.1. The number of imidazole rings is 1. The normalized spacial score (nSPS) is 11.1. The summed E-state index contributed by atoms with van der Waals surface area (Å²) in [6, 6.07) is 17.9. The first kappa shape index (κ1) is 19.8. The van der Waals surface area contributed by atoms with Crippen LogP contribution in [0.5, 0.6) is 5.75 Å². The molecule has 2 heterocycles. The maximum absolute atomic E-state index is 10.6. The molecule has 30 heavy (non-hydrogen) atoms. The lowest BCUT2D eigenvalue weighted by atomic mass is 10.2. The second-order valence-corrected chi connectivity index (χ2v) is 7.29. The number of ether oxygens (including phenoxy) is 1. The molecule has 0 atom stereocenters. The lowest BCUT2D eigenvalue weighted by Crippen LogP contribution is -2.00. The number of carboxylic acid groups (broad SMARTS) is 1. The summed E-state index contributed by atoms with van der Waals surface area (Å²) < 4.78 is 13.6. The quantitative estimate of drug-likeness (QED) is 0.367. The largest absolute Gasteiger partial charge is 0.494 e. The summed E-state index contributed by atoms with van der Waals surface area (Å²) in [6.07, 6.45) is 4.17. The number of aryl methyl sites for hydroxylation is 1. The molecule has 4 aromatic rings. The van der Waals surface area contributed by atoms with Gasteiger partial charge in [-0.2, -0.15) is 0 Å². The Kier molecular flexibility index (Phi) is 5.84. The number of rotatable bonds is 9. The van der Waals surface area contributed by atoms with Gasteiger partial charge in [0.05, 0.1) is 23.9 Å². The molecule has 6 heteroatoms. The standard InChI is InChI=1S/C24H24N2O4/c1-17-8-10-18(11-9-17)26-21-16-19(29-14-4-2-3-7-23(27)28)12-13-20(21)25-24(26)22-6-5-15-30-22/h5-6,8-13,15-16H,2-4,7,14H2,1H3,(H,27,28). The molecule has 2 aromatic carbocycles. The first-order valence-corrected chi connectivity index (χ1v) is 10.1. The number of fused-ring (bicyclic) bond motifs is 1. The molecule has 154 valence electrons.